The second kappa shape index (κ2) is 4.64. The summed E-state index contributed by atoms with van der Waals surface area (Å²) >= 11 is 0. The van der Waals surface area contributed by atoms with E-state index in [2.05, 4.69) is 15.0 Å². The summed E-state index contributed by atoms with van der Waals surface area (Å²) in [5.74, 6) is 0. The van der Waals surface area contributed by atoms with Crippen LogP contribution in [-0.4, -0.2) is 37.3 Å². The summed E-state index contributed by atoms with van der Waals surface area (Å²) in [6.45, 7) is 0.0235. The van der Waals surface area contributed by atoms with E-state index in [4.69, 9.17) is 9.84 Å². The van der Waals surface area contributed by atoms with Gasteiger partial charge in [0.05, 0.1) is 47.3 Å². The molecule has 2 atom stereocenters. The van der Waals surface area contributed by atoms with Gasteiger partial charge in [0.15, 0.2) is 0 Å². The Balaban J connectivity index is 1.87. The molecule has 0 radical (unpaired) electrons. The van der Waals surface area contributed by atoms with Crippen LogP contribution in [0.25, 0.3) is 21.9 Å². The van der Waals surface area contributed by atoms with Gasteiger partial charge in [-0.05, 0) is 25.0 Å². The molecule has 0 saturated carbocycles. The Morgan fingerprint density at radius 2 is 2.24 bits per heavy atom. The first-order valence-electron chi connectivity index (χ1n) is 6.86. The molecule has 0 aliphatic carbocycles. The van der Waals surface area contributed by atoms with E-state index in [1.54, 1.807) is 18.5 Å². The van der Waals surface area contributed by atoms with Crippen LogP contribution < -0.4 is 5.56 Å². The highest BCUT2D eigenvalue weighted by atomic mass is 16.5. The summed E-state index contributed by atoms with van der Waals surface area (Å²) in [6, 6.07) is 3.59. The molecule has 7 nitrogen and oxygen atoms in total. The number of aliphatic hydroxyl groups excluding tert-OH is 1. The van der Waals surface area contributed by atoms with Crippen LogP contribution in [0, 0.1) is 0 Å². The minimum atomic E-state index is -0.171. The maximum absolute atomic E-state index is 11.9. The van der Waals surface area contributed by atoms with Crippen LogP contribution in [-0.2, 0) is 4.74 Å². The molecule has 1 saturated heterocycles. The molecule has 2 unspecified atom stereocenters. The number of hydrogen-bond acceptors (Lipinski definition) is 5. The highest BCUT2D eigenvalue weighted by Gasteiger charge is 2.27. The zero-order valence-electron chi connectivity index (χ0n) is 11.2. The molecule has 1 fully saturated rings. The van der Waals surface area contributed by atoms with Gasteiger partial charge in [0.25, 0.3) is 5.56 Å². The Hall–Kier alpha value is -2.25. The largest absolute Gasteiger partial charge is 0.394 e. The quantitative estimate of drug-likeness (QED) is 0.731. The van der Waals surface area contributed by atoms with Gasteiger partial charge in [-0.15, -0.1) is 0 Å². The fourth-order valence-corrected chi connectivity index (χ4v) is 2.84. The van der Waals surface area contributed by atoms with E-state index in [0.29, 0.717) is 10.9 Å². The third kappa shape index (κ3) is 1.93. The zero-order chi connectivity index (χ0) is 14.4. The molecular formula is C14H14N4O3. The SMILES string of the molecule is O=c1[nH]cnc2cc3ncn(C4CCC(CO)O4)c3cc12. The van der Waals surface area contributed by atoms with Crippen LogP contribution >= 0.6 is 0 Å². The molecule has 0 amide bonds. The molecule has 1 aliphatic heterocycles. The third-order valence-electron chi connectivity index (χ3n) is 3.94. The van der Waals surface area contributed by atoms with Gasteiger partial charge in [0, 0.05) is 0 Å². The van der Waals surface area contributed by atoms with E-state index in [0.717, 1.165) is 23.9 Å². The molecule has 7 heteroatoms. The molecule has 3 aromatic rings. The van der Waals surface area contributed by atoms with Crippen LogP contribution in [0.5, 0.6) is 0 Å². The first kappa shape index (κ1) is 12.5. The predicted molar refractivity (Wildman–Crippen MR) is 75.9 cm³/mol. The summed E-state index contributed by atoms with van der Waals surface area (Å²) < 4.78 is 7.69. The van der Waals surface area contributed by atoms with E-state index >= 15 is 0 Å². The van der Waals surface area contributed by atoms with E-state index in [1.165, 1.54) is 6.33 Å². The van der Waals surface area contributed by atoms with E-state index < -0.39 is 0 Å². The Labute approximate surface area is 119 Å². The second-order valence-electron chi connectivity index (χ2n) is 5.21. The van der Waals surface area contributed by atoms with Crippen molar-refractivity contribution in [3.8, 4) is 0 Å². The number of nitrogens with one attached hydrogen (secondary N) is 1. The molecule has 3 heterocycles. The average Bonchev–Trinajstić information content (AvgIpc) is 3.11. The molecule has 0 bridgehead atoms. The Kier molecular flexibility index (Phi) is 2.76. The van der Waals surface area contributed by atoms with Crippen molar-refractivity contribution < 1.29 is 9.84 Å². The molecule has 21 heavy (non-hydrogen) atoms. The smallest absolute Gasteiger partial charge is 0.258 e. The minimum Gasteiger partial charge on any atom is -0.394 e. The number of rotatable bonds is 2. The number of fused-ring (bicyclic) bond motifs is 2. The normalized spacial score (nSPS) is 22.3. The van der Waals surface area contributed by atoms with Crippen molar-refractivity contribution in [2.75, 3.05) is 6.61 Å². The summed E-state index contributed by atoms with van der Waals surface area (Å²) in [4.78, 5) is 23.0. The molecule has 1 aliphatic rings. The topological polar surface area (TPSA) is 93.0 Å². The number of hydrogen-bond donors (Lipinski definition) is 2. The van der Waals surface area contributed by atoms with Crippen molar-refractivity contribution in [1.82, 2.24) is 19.5 Å². The van der Waals surface area contributed by atoms with Gasteiger partial charge in [-0.1, -0.05) is 0 Å². The van der Waals surface area contributed by atoms with Crippen LogP contribution in [0.2, 0.25) is 0 Å². The van der Waals surface area contributed by atoms with Gasteiger partial charge in [-0.25, -0.2) is 9.97 Å². The molecule has 108 valence electrons. The fourth-order valence-electron chi connectivity index (χ4n) is 2.84. The highest BCUT2D eigenvalue weighted by molar-refractivity contribution is 5.92. The number of ether oxygens (including phenoxy) is 1. The van der Waals surface area contributed by atoms with Gasteiger partial charge in [-0.2, -0.15) is 0 Å². The summed E-state index contributed by atoms with van der Waals surface area (Å²) in [5.41, 5.74) is 2.06. The van der Waals surface area contributed by atoms with Crippen LogP contribution in [0.1, 0.15) is 19.1 Å². The number of H-pyrrole nitrogens is 1. The minimum absolute atomic E-state index is 0.0235. The lowest BCUT2D eigenvalue weighted by Crippen LogP contribution is -2.14. The first-order valence-corrected chi connectivity index (χ1v) is 6.86. The van der Waals surface area contributed by atoms with Crippen molar-refractivity contribution in [2.24, 2.45) is 0 Å². The zero-order valence-corrected chi connectivity index (χ0v) is 11.2. The van der Waals surface area contributed by atoms with Crippen molar-refractivity contribution in [3.05, 3.63) is 35.1 Å². The van der Waals surface area contributed by atoms with E-state index in [1.807, 2.05) is 4.57 Å². The maximum Gasteiger partial charge on any atom is 0.258 e. The first-order chi connectivity index (χ1) is 10.3. The standard InChI is InChI=1S/C14H14N4O3/c19-5-8-1-2-13(21-8)18-7-17-11-4-10-9(3-12(11)18)14(20)16-6-15-10/h3-4,6-8,13,19H,1-2,5H2,(H,15,16,20). The molecule has 0 spiro atoms. The second-order valence-corrected chi connectivity index (χ2v) is 5.21. The Morgan fingerprint density at radius 1 is 1.33 bits per heavy atom. The maximum atomic E-state index is 11.9. The lowest BCUT2D eigenvalue weighted by molar-refractivity contribution is -0.0204. The molecule has 1 aromatic carbocycles. The van der Waals surface area contributed by atoms with Gasteiger partial charge in [0.2, 0.25) is 0 Å². The summed E-state index contributed by atoms with van der Waals surface area (Å²) in [5, 5.41) is 9.70. The van der Waals surface area contributed by atoms with Crippen LogP contribution in [0.4, 0.5) is 0 Å². The average molecular weight is 286 g/mol. The number of aromatic amines is 1. The van der Waals surface area contributed by atoms with Gasteiger partial charge in [0.1, 0.15) is 6.23 Å². The lowest BCUT2D eigenvalue weighted by Gasteiger charge is -2.14. The number of imidazole rings is 1. The number of aromatic nitrogens is 4. The van der Waals surface area contributed by atoms with Crippen molar-refractivity contribution >= 4 is 21.9 Å². The van der Waals surface area contributed by atoms with Crippen molar-refractivity contribution in [3.63, 3.8) is 0 Å². The number of benzene rings is 1. The monoisotopic (exact) mass is 286 g/mol. The Bertz CT molecular complexity index is 869. The van der Waals surface area contributed by atoms with Crippen molar-refractivity contribution in [2.45, 2.75) is 25.2 Å². The summed E-state index contributed by atoms with van der Waals surface area (Å²) in [7, 11) is 0. The van der Waals surface area contributed by atoms with Crippen molar-refractivity contribution in [1.29, 1.82) is 0 Å². The molecular weight excluding hydrogens is 272 g/mol. The molecule has 2 N–H and O–H groups in total. The highest BCUT2D eigenvalue weighted by Crippen LogP contribution is 2.31. The molecule has 4 rings (SSSR count). The van der Waals surface area contributed by atoms with Gasteiger partial charge in [-0.3, -0.25) is 4.79 Å². The van der Waals surface area contributed by atoms with Gasteiger partial charge < -0.3 is 19.4 Å². The summed E-state index contributed by atoms with van der Waals surface area (Å²) in [6.07, 6.45) is 4.45. The number of aliphatic hydroxyl groups is 1. The fraction of sp³-hybridized carbons (Fsp3) is 0.357. The lowest BCUT2D eigenvalue weighted by atomic mass is 10.2. The van der Waals surface area contributed by atoms with Crippen LogP contribution in [0.15, 0.2) is 29.6 Å². The van der Waals surface area contributed by atoms with E-state index in [-0.39, 0.29) is 24.5 Å². The third-order valence-corrected chi connectivity index (χ3v) is 3.94. The predicted octanol–water partition coefficient (Wildman–Crippen LogP) is 0.943. The Morgan fingerprint density at radius 3 is 3.05 bits per heavy atom. The number of nitrogens with zero attached hydrogens (tertiary/aromatic N) is 3. The van der Waals surface area contributed by atoms with E-state index in [9.17, 15) is 4.79 Å². The van der Waals surface area contributed by atoms with Crippen LogP contribution in [0.3, 0.4) is 0 Å². The van der Waals surface area contributed by atoms with Gasteiger partial charge >= 0.3 is 0 Å². The molecule has 2 aromatic heterocycles.